The second kappa shape index (κ2) is 8.08. The molecule has 2 aromatic carbocycles. The Balaban J connectivity index is 1.73. The van der Waals surface area contributed by atoms with E-state index in [2.05, 4.69) is 22.3 Å². The normalized spacial score (nSPS) is 16.5. The zero-order valence-corrected chi connectivity index (χ0v) is 14.1. The first-order chi connectivity index (χ1) is 11.7. The van der Waals surface area contributed by atoms with Crippen molar-refractivity contribution in [1.29, 1.82) is 0 Å². The molecule has 1 atom stereocenters. The molecule has 4 heteroatoms. The van der Waals surface area contributed by atoms with Crippen LogP contribution in [-0.4, -0.2) is 43.7 Å². The van der Waals surface area contributed by atoms with Gasteiger partial charge in [0.1, 0.15) is 0 Å². The third kappa shape index (κ3) is 4.43. The summed E-state index contributed by atoms with van der Waals surface area (Å²) < 4.78 is 5.42. The van der Waals surface area contributed by atoms with Crippen molar-refractivity contribution in [2.75, 3.05) is 32.8 Å². The summed E-state index contributed by atoms with van der Waals surface area (Å²) in [4.78, 5) is 15.0. The predicted molar refractivity (Wildman–Crippen MR) is 95.1 cm³/mol. The van der Waals surface area contributed by atoms with E-state index in [1.54, 1.807) is 0 Å². The maximum atomic E-state index is 12.6. The summed E-state index contributed by atoms with van der Waals surface area (Å²) in [5.41, 5.74) is 2.98. The topological polar surface area (TPSA) is 41.6 Å². The highest BCUT2D eigenvalue weighted by molar-refractivity contribution is 5.94. The van der Waals surface area contributed by atoms with Gasteiger partial charge in [-0.3, -0.25) is 9.69 Å². The van der Waals surface area contributed by atoms with E-state index in [0.717, 1.165) is 44.0 Å². The molecule has 1 aliphatic rings. The molecule has 0 saturated carbocycles. The molecule has 1 heterocycles. The minimum absolute atomic E-state index is 0.0295. The van der Waals surface area contributed by atoms with Gasteiger partial charge >= 0.3 is 0 Å². The van der Waals surface area contributed by atoms with Gasteiger partial charge in [0.05, 0.1) is 19.3 Å². The van der Waals surface area contributed by atoms with E-state index in [9.17, 15) is 4.79 Å². The Morgan fingerprint density at radius 3 is 2.42 bits per heavy atom. The van der Waals surface area contributed by atoms with Gasteiger partial charge in [0.15, 0.2) is 0 Å². The van der Waals surface area contributed by atoms with Crippen LogP contribution < -0.4 is 5.32 Å². The Labute approximate surface area is 143 Å². The van der Waals surface area contributed by atoms with Crippen LogP contribution in [0, 0.1) is 6.92 Å². The molecule has 1 fully saturated rings. The zero-order valence-electron chi connectivity index (χ0n) is 14.1. The lowest BCUT2D eigenvalue weighted by Gasteiger charge is -2.31. The maximum absolute atomic E-state index is 12.6. The van der Waals surface area contributed by atoms with E-state index >= 15 is 0 Å². The Morgan fingerprint density at radius 2 is 1.75 bits per heavy atom. The van der Waals surface area contributed by atoms with Crippen molar-refractivity contribution in [3.8, 4) is 0 Å². The molecule has 0 aromatic heterocycles. The molecule has 2 aromatic rings. The predicted octanol–water partition coefficient (Wildman–Crippen LogP) is 2.80. The lowest BCUT2D eigenvalue weighted by atomic mass is 10.0. The minimum atomic E-state index is -0.0305. The zero-order chi connectivity index (χ0) is 16.8. The van der Waals surface area contributed by atoms with Crippen molar-refractivity contribution in [1.82, 2.24) is 10.2 Å². The number of carbonyl (C=O) groups is 1. The summed E-state index contributed by atoms with van der Waals surface area (Å²) >= 11 is 0. The first kappa shape index (κ1) is 16.7. The van der Waals surface area contributed by atoms with E-state index in [1.165, 1.54) is 0 Å². The van der Waals surface area contributed by atoms with Crippen molar-refractivity contribution in [2.45, 2.75) is 13.0 Å². The van der Waals surface area contributed by atoms with Crippen molar-refractivity contribution in [3.05, 3.63) is 71.3 Å². The van der Waals surface area contributed by atoms with Crippen molar-refractivity contribution < 1.29 is 9.53 Å². The number of hydrogen-bond acceptors (Lipinski definition) is 3. The molecule has 0 spiro atoms. The van der Waals surface area contributed by atoms with Crippen molar-refractivity contribution in [3.63, 3.8) is 0 Å². The number of nitrogens with one attached hydrogen (secondary N) is 1. The van der Waals surface area contributed by atoms with E-state index in [-0.39, 0.29) is 11.9 Å². The first-order valence-electron chi connectivity index (χ1n) is 8.45. The number of benzene rings is 2. The number of ether oxygens (including phenoxy) is 1. The van der Waals surface area contributed by atoms with Gasteiger partial charge in [0.2, 0.25) is 0 Å². The highest BCUT2D eigenvalue weighted by atomic mass is 16.5. The number of nitrogens with zero attached hydrogens (tertiary/aromatic N) is 1. The molecular weight excluding hydrogens is 300 g/mol. The van der Waals surface area contributed by atoms with Crippen molar-refractivity contribution in [2.24, 2.45) is 0 Å². The van der Waals surface area contributed by atoms with Gasteiger partial charge in [-0.25, -0.2) is 0 Å². The van der Waals surface area contributed by atoms with Crippen LogP contribution in [0.4, 0.5) is 0 Å². The van der Waals surface area contributed by atoms with Gasteiger partial charge in [-0.2, -0.15) is 0 Å². The fraction of sp³-hybridized carbons (Fsp3) is 0.350. The average molecular weight is 324 g/mol. The van der Waals surface area contributed by atoms with E-state index in [4.69, 9.17) is 4.74 Å². The third-order valence-corrected chi connectivity index (χ3v) is 4.37. The largest absolute Gasteiger partial charge is 0.379 e. The van der Waals surface area contributed by atoms with Gasteiger partial charge in [0, 0.05) is 25.2 Å². The van der Waals surface area contributed by atoms with Gasteiger partial charge in [-0.1, -0.05) is 48.0 Å². The fourth-order valence-corrected chi connectivity index (χ4v) is 2.91. The van der Waals surface area contributed by atoms with Gasteiger partial charge in [-0.05, 0) is 24.6 Å². The number of amides is 1. The van der Waals surface area contributed by atoms with Crippen LogP contribution in [0.5, 0.6) is 0 Å². The second-order valence-corrected chi connectivity index (χ2v) is 6.22. The van der Waals surface area contributed by atoms with Crippen LogP contribution in [0.3, 0.4) is 0 Å². The van der Waals surface area contributed by atoms with Crippen LogP contribution in [0.15, 0.2) is 54.6 Å². The molecule has 4 nitrogen and oxygen atoms in total. The molecule has 0 bridgehead atoms. The average Bonchev–Trinajstić information content (AvgIpc) is 2.63. The number of hydrogen-bond donors (Lipinski definition) is 1. The van der Waals surface area contributed by atoms with Crippen LogP contribution in [0.25, 0.3) is 0 Å². The summed E-state index contributed by atoms with van der Waals surface area (Å²) in [5.74, 6) is -0.0305. The SMILES string of the molecule is Cc1ccc(C(=O)NC(CN2CCOCC2)c2ccccc2)cc1. The number of morpholine rings is 1. The van der Waals surface area contributed by atoms with E-state index < -0.39 is 0 Å². The quantitative estimate of drug-likeness (QED) is 0.919. The number of rotatable bonds is 5. The van der Waals surface area contributed by atoms with Gasteiger partial charge in [0.25, 0.3) is 5.91 Å². The van der Waals surface area contributed by atoms with Crippen molar-refractivity contribution >= 4 is 5.91 Å². The molecule has 0 radical (unpaired) electrons. The molecule has 1 saturated heterocycles. The molecule has 1 N–H and O–H groups in total. The second-order valence-electron chi connectivity index (χ2n) is 6.22. The Bertz CT molecular complexity index is 649. The molecule has 1 aliphatic heterocycles. The van der Waals surface area contributed by atoms with Crippen LogP contribution in [0.2, 0.25) is 0 Å². The van der Waals surface area contributed by atoms with E-state index in [0.29, 0.717) is 5.56 Å². The van der Waals surface area contributed by atoms with Crippen LogP contribution in [0.1, 0.15) is 27.5 Å². The number of carbonyl (C=O) groups excluding carboxylic acids is 1. The summed E-state index contributed by atoms with van der Waals surface area (Å²) in [7, 11) is 0. The smallest absolute Gasteiger partial charge is 0.251 e. The number of aryl methyl sites for hydroxylation is 1. The molecule has 3 rings (SSSR count). The van der Waals surface area contributed by atoms with Gasteiger partial charge < -0.3 is 10.1 Å². The Hall–Kier alpha value is -2.17. The molecule has 24 heavy (non-hydrogen) atoms. The molecule has 126 valence electrons. The summed E-state index contributed by atoms with van der Waals surface area (Å²) in [6.45, 7) is 6.15. The maximum Gasteiger partial charge on any atom is 0.251 e. The molecule has 1 amide bonds. The highest BCUT2D eigenvalue weighted by Gasteiger charge is 2.20. The third-order valence-electron chi connectivity index (χ3n) is 4.37. The molecule has 0 aliphatic carbocycles. The standard InChI is InChI=1S/C20H24N2O2/c1-16-7-9-18(10-8-16)20(23)21-19(17-5-3-2-4-6-17)15-22-11-13-24-14-12-22/h2-10,19H,11-15H2,1H3,(H,21,23). The van der Waals surface area contributed by atoms with Gasteiger partial charge in [-0.15, -0.1) is 0 Å². The summed E-state index contributed by atoms with van der Waals surface area (Å²) in [6.07, 6.45) is 0. The summed E-state index contributed by atoms with van der Waals surface area (Å²) in [5, 5.41) is 3.19. The monoisotopic (exact) mass is 324 g/mol. The van der Waals surface area contributed by atoms with E-state index in [1.807, 2.05) is 49.4 Å². The Morgan fingerprint density at radius 1 is 1.08 bits per heavy atom. The highest BCUT2D eigenvalue weighted by Crippen LogP contribution is 2.16. The lowest BCUT2D eigenvalue weighted by Crippen LogP contribution is -2.43. The van der Waals surface area contributed by atoms with Crippen LogP contribution >= 0.6 is 0 Å². The molecular formula is C20H24N2O2. The summed E-state index contributed by atoms with van der Waals surface area (Å²) in [6, 6.07) is 17.8. The minimum Gasteiger partial charge on any atom is -0.379 e. The fourth-order valence-electron chi connectivity index (χ4n) is 2.91. The van der Waals surface area contributed by atoms with Crippen LogP contribution in [-0.2, 0) is 4.74 Å². The lowest BCUT2D eigenvalue weighted by molar-refractivity contribution is 0.0332. The Kier molecular flexibility index (Phi) is 5.62. The molecule has 1 unspecified atom stereocenters. The first-order valence-corrected chi connectivity index (χ1v) is 8.45.